The summed E-state index contributed by atoms with van der Waals surface area (Å²) in [5, 5.41) is 11.3. The smallest absolute Gasteiger partial charge is 0.427 e. The average molecular weight is 401 g/mol. The Bertz CT molecular complexity index is 1010. The van der Waals surface area contributed by atoms with Gasteiger partial charge >= 0.3 is 12.1 Å². The van der Waals surface area contributed by atoms with Crippen LogP contribution >= 0.6 is 0 Å². The Balaban J connectivity index is 1.98. The molecule has 0 bridgehead atoms. The van der Waals surface area contributed by atoms with Gasteiger partial charge in [-0.1, -0.05) is 0 Å². The monoisotopic (exact) mass is 401 g/mol. The van der Waals surface area contributed by atoms with Crippen LogP contribution in [0.5, 0.6) is 5.88 Å². The van der Waals surface area contributed by atoms with Gasteiger partial charge in [-0.25, -0.2) is 4.98 Å². The first-order valence-corrected chi connectivity index (χ1v) is 8.13. The summed E-state index contributed by atoms with van der Waals surface area (Å²) in [6.07, 6.45) is -3.32. The van der Waals surface area contributed by atoms with Gasteiger partial charge in [0.05, 0.1) is 5.69 Å². The van der Waals surface area contributed by atoms with E-state index in [0.29, 0.717) is 23.7 Å². The maximum atomic E-state index is 13.7. The van der Waals surface area contributed by atoms with Gasteiger partial charge in [0.2, 0.25) is 11.7 Å². The number of fused-ring (bicyclic) bond motifs is 1. The van der Waals surface area contributed by atoms with Gasteiger partial charge in [0.25, 0.3) is 0 Å². The van der Waals surface area contributed by atoms with E-state index in [1.807, 2.05) is 0 Å². The van der Waals surface area contributed by atoms with Crippen molar-refractivity contribution in [3.05, 3.63) is 35.8 Å². The van der Waals surface area contributed by atoms with Crippen molar-refractivity contribution in [2.45, 2.75) is 45.4 Å². The van der Waals surface area contributed by atoms with Crippen molar-refractivity contribution in [2.75, 3.05) is 0 Å². The molecule has 0 aliphatic carbocycles. The summed E-state index contributed by atoms with van der Waals surface area (Å²) in [5.74, 6) is -4.10. The molecule has 0 radical (unpaired) electrons. The highest BCUT2D eigenvalue weighted by Gasteiger charge is 2.50. The maximum Gasteiger partial charge on any atom is 0.427 e. The number of rotatable bonds is 4. The summed E-state index contributed by atoms with van der Waals surface area (Å²) in [4.78, 5) is 3.88. The Labute approximate surface area is 156 Å². The summed E-state index contributed by atoms with van der Waals surface area (Å²) in [7, 11) is 0. The lowest BCUT2D eigenvalue weighted by atomic mass is 10.1. The zero-order valence-corrected chi connectivity index (χ0v) is 15.3. The van der Waals surface area contributed by atoms with Crippen LogP contribution in [0.1, 0.15) is 32.2 Å². The van der Waals surface area contributed by atoms with Crippen LogP contribution in [0.4, 0.5) is 22.0 Å². The first-order chi connectivity index (χ1) is 12.8. The molecule has 0 aromatic carbocycles. The normalized spacial score (nSPS) is 13.2. The number of aromatic nitrogens is 5. The predicted molar refractivity (Wildman–Crippen MR) is 89.1 cm³/mol. The minimum absolute atomic E-state index is 0.151. The second-order valence-corrected chi connectivity index (χ2v) is 6.85. The summed E-state index contributed by atoms with van der Waals surface area (Å²) in [6, 6.07) is 4.24. The zero-order valence-electron chi connectivity index (χ0n) is 15.3. The molecule has 0 saturated heterocycles. The molecule has 0 unspecified atom stereocenters. The molecule has 0 fully saturated rings. The number of nitrogens with zero attached hydrogens (tertiary/aromatic N) is 5. The second-order valence-electron chi connectivity index (χ2n) is 6.85. The van der Waals surface area contributed by atoms with Crippen molar-refractivity contribution in [3.63, 3.8) is 0 Å². The number of hydrogen-bond donors (Lipinski definition) is 0. The van der Waals surface area contributed by atoms with Crippen molar-refractivity contribution < 1.29 is 26.7 Å². The van der Waals surface area contributed by atoms with Crippen LogP contribution in [0, 0.1) is 6.92 Å². The quantitative estimate of drug-likeness (QED) is 0.609. The number of hydrogen-bond acceptors (Lipinski definition) is 5. The number of aryl methyl sites for hydroxylation is 1. The molecule has 28 heavy (non-hydrogen) atoms. The molecule has 0 aliphatic heterocycles. The molecule has 0 N–H and O–H groups in total. The fourth-order valence-electron chi connectivity index (χ4n) is 2.38. The lowest BCUT2D eigenvalue weighted by Crippen LogP contribution is -2.44. The molecule has 11 heteroatoms. The summed E-state index contributed by atoms with van der Waals surface area (Å²) < 4.78 is 72.0. The predicted octanol–water partition coefficient (Wildman–Crippen LogP) is 4.33. The highest BCUT2D eigenvalue weighted by atomic mass is 19.4. The van der Waals surface area contributed by atoms with Gasteiger partial charge in [0.1, 0.15) is 0 Å². The first-order valence-electron chi connectivity index (χ1n) is 8.13. The lowest BCUT2D eigenvalue weighted by Gasteiger charge is -2.28. The maximum absolute atomic E-state index is 13.7. The molecule has 0 amide bonds. The molecule has 3 heterocycles. The Kier molecular flexibility index (Phi) is 4.51. The van der Waals surface area contributed by atoms with Crippen molar-refractivity contribution in [3.8, 4) is 17.1 Å². The molecule has 3 aromatic rings. The molecular weight excluding hydrogens is 385 g/mol. The van der Waals surface area contributed by atoms with Crippen LogP contribution < -0.4 is 4.74 Å². The van der Waals surface area contributed by atoms with E-state index in [4.69, 9.17) is 4.74 Å². The van der Waals surface area contributed by atoms with Gasteiger partial charge < -0.3 is 4.74 Å². The fraction of sp³-hybridized carbons (Fsp3) is 0.412. The average Bonchev–Trinajstić information content (AvgIpc) is 2.96. The molecule has 0 atom stereocenters. The molecular formula is C17H16F5N5O. The van der Waals surface area contributed by atoms with Crippen molar-refractivity contribution in [1.82, 2.24) is 24.8 Å². The van der Waals surface area contributed by atoms with Crippen LogP contribution in [-0.4, -0.2) is 36.6 Å². The van der Waals surface area contributed by atoms with Crippen LogP contribution in [0.2, 0.25) is 0 Å². The Morgan fingerprint density at radius 2 is 1.68 bits per heavy atom. The zero-order chi connectivity index (χ0) is 20.9. The second kappa shape index (κ2) is 6.35. The third-order valence-electron chi connectivity index (χ3n) is 4.03. The van der Waals surface area contributed by atoms with E-state index in [0.717, 1.165) is 18.4 Å². The largest absolute Gasteiger partial charge is 0.462 e. The van der Waals surface area contributed by atoms with Crippen LogP contribution in [-0.2, 0) is 5.92 Å². The highest BCUT2D eigenvalue weighted by Crippen LogP contribution is 2.34. The van der Waals surface area contributed by atoms with Gasteiger partial charge in [-0.2, -0.15) is 31.6 Å². The van der Waals surface area contributed by atoms with Gasteiger partial charge in [0.15, 0.2) is 11.2 Å². The number of ether oxygens (including phenoxy) is 1. The van der Waals surface area contributed by atoms with E-state index in [1.165, 1.54) is 24.4 Å². The first kappa shape index (κ1) is 19.9. The van der Waals surface area contributed by atoms with Gasteiger partial charge in [-0.3, -0.25) is 0 Å². The molecule has 150 valence electrons. The van der Waals surface area contributed by atoms with Crippen molar-refractivity contribution in [2.24, 2.45) is 0 Å². The van der Waals surface area contributed by atoms with E-state index in [-0.39, 0.29) is 11.5 Å². The van der Waals surface area contributed by atoms with E-state index >= 15 is 0 Å². The van der Waals surface area contributed by atoms with Crippen molar-refractivity contribution in [1.29, 1.82) is 0 Å². The Morgan fingerprint density at radius 1 is 1.00 bits per heavy atom. The standard InChI is InChI=1S/C17H16F5N5O/c1-9-7-11-24-25-14(16(4,18)19)27(11)26-13(9)10-5-6-12(23-8-10)28-15(2,3)17(20,21)22/h5-8H,1-4H3. The lowest BCUT2D eigenvalue weighted by molar-refractivity contribution is -0.235. The SMILES string of the molecule is Cc1cc2nnc(C(C)(F)F)n2nc1-c1ccc(OC(C)(C)C(F)(F)F)nc1. The molecule has 0 saturated carbocycles. The third-order valence-corrected chi connectivity index (χ3v) is 4.03. The Morgan fingerprint density at radius 3 is 2.21 bits per heavy atom. The van der Waals surface area contributed by atoms with Gasteiger partial charge in [0, 0.05) is 24.8 Å². The fourth-order valence-corrected chi connectivity index (χ4v) is 2.38. The van der Waals surface area contributed by atoms with Crippen LogP contribution in [0.15, 0.2) is 24.4 Å². The Hall–Kier alpha value is -2.85. The minimum Gasteiger partial charge on any atom is -0.462 e. The summed E-state index contributed by atoms with van der Waals surface area (Å²) >= 11 is 0. The van der Waals surface area contributed by atoms with E-state index in [2.05, 4.69) is 20.3 Å². The van der Waals surface area contributed by atoms with Gasteiger partial charge in [-0.05, 0) is 38.5 Å². The van der Waals surface area contributed by atoms with Crippen LogP contribution in [0.25, 0.3) is 16.9 Å². The van der Waals surface area contributed by atoms with E-state index < -0.39 is 23.5 Å². The third kappa shape index (κ3) is 3.60. The number of pyridine rings is 1. The van der Waals surface area contributed by atoms with Crippen molar-refractivity contribution >= 4 is 5.65 Å². The molecule has 3 aromatic heterocycles. The molecule has 0 spiro atoms. The highest BCUT2D eigenvalue weighted by molar-refractivity contribution is 5.64. The topological polar surface area (TPSA) is 65.2 Å². The summed E-state index contributed by atoms with van der Waals surface area (Å²) in [5.41, 5.74) is -0.935. The van der Waals surface area contributed by atoms with Crippen LogP contribution in [0.3, 0.4) is 0 Å². The molecule has 3 rings (SSSR count). The van der Waals surface area contributed by atoms with E-state index in [9.17, 15) is 22.0 Å². The number of alkyl halides is 5. The summed E-state index contributed by atoms with van der Waals surface area (Å²) in [6.45, 7) is 4.15. The van der Waals surface area contributed by atoms with Gasteiger partial charge in [-0.15, -0.1) is 10.2 Å². The molecule has 6 nitrogen and oxygen atoms in total. The minimum atomic E-state index is -4.58. The number of halogens is 5. The molecule has 0 aliphatic rings. The van der Waals surface area contributed by atoms with E-state index in [1.54, 1.807) is 6.92 Å².